The molecule has 0 aromatic carbocycles. The zero-order chi connectivity index (χ0) is 11.5. The van der Waals surface area contributed by atoms with E-state index < -0.39 is 0 Å². The van der Waals surface area contributed by atoms with E-state index in [0.717, 1.165) is 26.2 Å². The fraction of sp³-hybridized carbons (Fsp3) is 1.00. The van der Waals surface area contributed by atoms with Gasteiger partial charge in [0.05, 0.1) is 0 Å². The van der Waals surface area contributed by atoms with Crippen LogP contribution >= 0.6 is 0 Å². The molecule has 92 valence electrons. The molecule has 0 atom stereocenters. The van der Waals surface area contributed by atoms with Crippen LogP contribution in [0.5, 0.6) is 0 Å². The van der Waals surface area contributed by atoms with Gasteiger partial charge in [0.1, 0.15) is 0 Å². The summed E-state index contributed by atoms with van der Waals surface area (Å²) in [6.07, 6.45) is 3.46. The van der Waals surface area contributed by atoms with Crippen molar-refractivity contribution >= 4 is 0 Å². The van der Waals surface area contributed by atoms with Crippen LogP contribution in [-0.4, -0.2) is 44.5 Å². The molecule has 15 heavy (non-hydrogen) atoms. The molecule has 0 fully saturated rings. The Hall–Kier alpha value is -0.120. The summed E-state index contributed by atoms with van der Waals surface area (Å²) in [5, 5.41) is 0. The number of ether oxygens (including phenoxy) is 2. The minimum atomic E-state index is -0.0240. The van der Waals surface area contributed by atoms with Crippen LogP contribution in [0.2, 0.25) is 0 Å². The normalized spacial score (nSPS) is 11.6. The molecule has 0 bridgehead atoms. The van der Waals surface area contributed by atoms with Crippen LogP contribution in [0.3, 0.4) is 0 Å². The molecule has 0 amide bonds. The summed E-state index contributed by atoms with van der Waals surface area (Å²) >= 11 is 0. The Bertz CT molecular complexity index is 125. The number of hydrogen-bond acceptors (Lipinski definition) is 3. The van der Waals surface area contributed by atoms with E-state index in [1.165, 1.54) is 19.4 Å². The topological polar surface area (TPSA) is 21.7 Å². The largest absolute Gasteiger partial charge is 0.353 e. The Morgan fingerprint density at radius 3 is 2.07 bits per heavy atom. The average molecular weight is 217 g/mol. The first-order chi connectivity index (χ1) is 7.24. The average Bonchev–Trinajstić information content (AvgIpc) is 2.23. The van der Waals surface area contributed by atoms with Gasteiger partial charge < -0.3 is 14.4 Å². The lowest BCUT2D eigenvalue weighted by atomic mass is 10.3. The van der Waals surface area contributed by atoms with Crippen molar-refractivity contribution in [2.24, 2.45) is 0 Å². The van der Waals surface area contributed by atoms with Crippen molar-refractivity contribution in [3.8, 4) is 0 Å². The second kappa shape index (κ2) is 10.4. The smallest absolute Gasteiger partial charge is 0.158 e. The predicted octanol–water partition coefficient (Wildman–Crippen LogP) is 2.51. The highest BCUT2D eigenvalue weighted by molar-refractivity contribution is 4.54. The number of nitrogens with zero attached hydrogens (tertiary/aromatic N) is 1. The van der Waals surface area contributed by atoms with Crippen LogP contribution in [0.15, 0.2) is 0 Å². The zero-order valence-electron chi connectivity index (χ0n) is 10.8. The van der Waals surface area contributed by atoms with Crippen molar-refractivity contribution in [1.82, 2.24) is 4.90 Å². The molecular weight excluding hydrogens is 190 g/mol. The number of hydrogen-bond donors (Lipinski definition) is 0. The van der Waals surface area contributed by atoms with E-state index in [1.807, 2.05) is 13.8 Å². The third-order valence-electron chi connectivity index (χ3n) is 2.35. The molecule has 0 spiro atoms. The Morgan fingerprint density at radius 2 is 1.60 bits per heavy atom. The number of rotatable bonds is 10. The Labute approximate surface area is 94.7 Å². The Balaban J connectivity index is 3.57. The summed E-state index contributed by atoms with van der Waals surface area (Å²) < 4.78 is 11.0. The summed E-state index contributed by atoms with van der Waals surface area (Å²) in [4.78, 5) is 2.34. The van der Waals surface area contributed by atoms with E-state index in [9.17, 15) is 0 Å². The van der Waals surface area contributed by atoms with Gasteiger partial charge in [0.15, 0.2) is 6.29 Å². The Morgan fingerprint density at radius 1 is 1.00 bits per heavy atom. The maximum absolute atomic E-state index is 5.49. The van der Waals surface area contributed by atoms with Gasteiger partial charge in [0, 0.05) is 26.2 Å². The standard InChI is InChI=1S/C12H27NO2/c1-5-8-10-13(4)11-9-12(14-6-2)15-7-3/h12H,5-11H2,1-4H3. The van der Waals surface area contributed by atoms with Crippen molar-refractivity contribution in [2.45, 2.75) is 46.3 Å². The first-order valence-corrected chi connectivity index (χ1v) is 6.16. The monoisotopic (exact) mass is 217 g/mol. The molecule has 0 N–H and O–H groups in total. The molecule has 0 aliphatic carbocycles. The van der Waals surface area contributed by atoms with E-state index in [0.29, 0.717) is 0 Å². The van der Waals surface area contributed by atoms with Crippen molar-refractivity contribution in [3.63, 3.8) is 0 Å². The van der Waals surface area contributed by atoms with E-state index in [-0.39, 0.29) is 6.29 Å². The van der Waals surface area contributed by atoms with E-state index in [2.05, 4.69) is 18.9 Å². The fourth-order valence-corrected chi connectivity index (χ4v) is 1.45. The van der Waals surface area contributed by atoms with E-state index in [4.69, 9.17) is 9.47 Å². The van der Waals surface area contributed by atoms with E-state index >= 15 is 0 Å². The predicted molar refractivity (Wildman–Crippen MR) is 64.1 cm³/mol. The minimum Gasteiger partial charge on any atom is -0.353 e. The van der Waals surface area contributed by atoms with Crippen LogP contribution < -0.4 is 0 Å². The van der Waals surface area contributed by atoms with Crippen LogP contribution in [0.1, 0.15) is 40.0 Å². The highest BCUT2D eigenvalue weighted by atomic mass is 16.7. The molecule has 3 heteroatoms. The third-order valence-corrected chi connectivity index (χ3v) is 2.35. The first kappa shape index (κ1) is 14.9. The SMILES string of the molecule is CCCCN(C)CCC(OCC)OCC. The highest BCUT2D eigenvalue weighted by Crippen LogP contribution is 2.03. The molecule has 0 radical (unpaired) electrons. The zero-order valence-corrected chi connectivity index (χ0v) is 10.8. The molecular formula is C12H27NO2. The van der Waals surface area contributed by atoms with Gasteiger partial charge in [-0.15, -0.1) is 0 Å². The summed E-state index contributed by atoms with van der Waals surface area (Å²) in [6.45, 7) is 9.90. The van der Waals surface area contributed by atoms with E-state index in [1.54, 1.807) is 0 Å². The lowest BCUT2D eigenvalue weighted by molar-refractivity contribution is -0.141. The summed E-state index contributed by atoms with van der Waals surface area (Å²) in [5.41, 5.74) is 0. The van der Waals surface area contributed by atoms with Crippen molar-refractivity contribution in [1.29, 1.82) is 0 Å². The van der Waals surface area contributed by atoms with Gasteiger partial charge in [0.25, 0.3) is 0 Å². The number of unbranched alkanes of at least 4 members (excludes halogenated alkanes) is 1. The Kier molecular flexibility index (Phi) is 10.3. The lowest BCUT2D eigenvalue weighted by Crippen LogP contribution is -2.27. The maximum Gasteiger partial charge on any atom is 0.158 e. The van der Waals surface area contributed by atoms with Gasteiger partial charge in [-0.1, -0.05) is 13.3 Å². The first-order valence-electron chi connectivity index (χ1n) is 6.16. The quantitative estimate of drug-likeness (QED) is 0.525. The molecule has 0 unspecified atom stereocenters. The minimum absolute atomic E-state index is 0.0240. The van der Waals surface area contributed by atoms with Crippen LogP contribution in [-0.2, 0) is 9.47 Å². The summed E-state index contributed by atoms with van der Waals surface area (Å²) in [6, 6.07) is 0. The van der Waals surface area contributed by atoms with Gasteiger partial charge in [0.2, 0.25) is 0 Å². The summed E-state index contributed by atoms with van der Waals surface area (Å²) in [7, 11) is 2.16. The van der Waals surface area contributed by atoms with Gasteiger partial charge in [-0.25, -0.2) is 0 Å². The van der Waals surface area contributed by atoms with Crippen LogP contribution in [0.25, 0.3) is 0 Å². The van der Waals surface area contributed by atoms with Crippen molar-refractivity contribution < 1.29 is 9.47 Å². The molecule has 0 aromatic heterocycles. The summed E-state index contributed by atoms with van der Waals surface area (Å²) in [5.74, 6) is 0. The van der Waals surface area contributed by atoms with Gasteiger partial charge >= 0.3 is 0 Å². The lowest BCUT2D eigenvalue weighted by Gasteiger charge is -2.21. The molecule has 0 aromatic rings. The van der Waals surface area contributed by atoms with Crippen LogP contribution in [0.4, 0.5) is 0 Å². The fourth-order valence-electron chi connectivity index (χ4n) is 1.45. The van der Waals surface area contributed by atoms with Crippen molar-refractivity contribution in [2.75, 3.05) is 33.4 Å². The molecule has 0 rings (SSSR count). The van der Waals surface area contributed by atoms with Crippen molar-refractivity contribution in [3.05, 3.63) is 0 Å². The molecule has 0 aliphatic rings. The van der Waals surface area contributed by atoms with Gasteiger partial charge in [-0.3, -0.25) is 0 Å². The van der Waals surface area contributed by atoms with Gasteiger partial charge in [-0.2, -0.15) is 0 Å². The molecule has 3 nitrogen and oxygen atoms in total. The van der Waals surface area contributed by atoms with Crippen LogP contribution in [0, 0.1) is 0 Å². The van der Waals surface area contributed by atoms with Gasteiger partial charge in [-0.05, 0) is 33.9 Å². The molecule has 0 aliphatic heterocycles. The maximum atomic E-state index is 5.49. The second-order valence-electron chi connectivity index (χ2n) is 3.79. The molecule has 0 saturated heterocycles. The molecule has 0 saturated carbocycles. The molecule has 0 heterocycles. The highest BCUT2D eigenvalue weighted by Gasteiger charge is 2.08. The third kappa shape index (κ3) is 8.85. The second-order valence-corrected chi connectivity index (χ2v) is 3.79.